The molecule has 6 nitrogen and oxygen atoms in total. The second-order valence-corrected chi connectivity index (χ2v) is 3.29. The number of aromatic amines is 1. The van der Waals surface area contributed by atoms with Crippen molar-refractivity contribution >= 4 is 11.5 Å². The maximum Gasteiger partial charge on any atom is 0.405 e. The van der Waals surface area contributed by atoms with E-state index in [1.165, 1.54) is 0 Å². The van der Waals surface area contributed by atoms with Gasteiger partial charge in [0.25, 0.3) is 5.56 Å². The molecule has 0 saturated heterocycles. The van der Waals surface area contributed by atoms with Crippen LogP contribution in [0.5, 0.6) is 0 Å². The SMILES string of the molecule is NCCN(CC(F)(F)F)c1nc[nH]c(=O)c1N. The summed E-state index contributed by atoms with van der Waals surface area (Å²) < 4.78 is 36.9. The fourth-order valence-electron chi connectivity index (χ4n) is 1.28. The molecule has 1 aromatic heterocycles. The van der Waals surface area contributed by atoms with Crippen molar-refractivity contribution in [3.05, 3.63) is 16.7 Å². The van der Waals surface area contributed by atoms with Crippen LogP contribution < -0.4 is 21.9 Å². The zero-order chi connectivity index (χ0) is 13.1. The fraction of sp³-hybridized carbons (Fsp3) is 0.500. The molecule has 1 rings (SSSR count). The number of aromatic nitrogens is 2. The van der Waals surface area contributed by atoms with Gasteiger partial charge in [-0.15, -0.1) is 0 Å². The van der Waals surface area contributed by atoms with Crippen LogP contribution in [0.25, 0.3) is 0 Å². The van der Waals surface area contributed by atoms with Gasteiger partial charge in [0.1, 0.15) is 12.2 Å². The first-order valence-electron chi connectivity index (χ1n) is 4.70. The number of nitrogens with one attached hydrogen (secondary N) is 1. The summed E-state index contributed by atoms with van der Waals surface area (Å²) in [6, 6.07) is 0. The lowest BCUT2D eigenvalue weighted by Gasteiger charge is -2.24. The third-order valence-corrected chi connectivity index (χ3v) is 1.94. The first kappa shape index (κ1) is 13.3. The van der Waals surface area contributed by atoms with E-state index in [9.17, 15) is 18.0 Å². The smallest absolute Gasteiger partial charge is 0.391 e. The molecule has 0 atom stereocenters. The number of hydrogen-bond acceptors (Lipinski definition) is 5. The van der Waals surface area contributed by atoms with Crippen molar-refractivity contribution in [1.82, 2.24) is 9.97 Å². The number of nitrogen functional groups attached to an aromatic ring is 1. The predicted octanol–water partition coefficient (Wildman–Crippen LogP) is -0.321. The number of nitrogens with two attached hydrogens (primary N) is 2. The van der Waals surface area contributed by atoms with Crippen molar-refractivity contribution in [3.63, 3.8) is 0 Å². The molecule has 1 heterocycles. The maximum atomic E-state index is 12.3. The van der Waals surface area contributed by atoms with Crippen molar-refractivity contribution in [3.8, 4) is 0 Å². The Morgan fingerprint density at radius 2 is 2.12 bits per heavy atom. The molecule has 0 radical (unpaired) electrons. The summed E-state index contributed by atoms with van der Waals surface area (Å²) in [6.07, 6.45) is -3.43. The summed E-state index contributed by atoms with van der Waals surface area (Å²) in [7, 11) is 0. The molecule has 0 aliphatic rings. The number of hydrogen-bond donors (Lipinski definition) is 3. The summed E-state index contributed by atoms with van der Waals surface area (Å²) >= 11 is 0. The Labute approximate surface area is 94.4 Å². The second kappa shape index (κ2) is 5.04. The Kier molecular flexibility index (Phi) is 3.94. The van der Waals surface area contributed by atoms with Crippen LogP contribution in [0.2, 0.25) is 0 Å². The topological polar surface area (TPSA) is 101 Å². The highest BCUT2D eigenvalue weighted by molar-refractivity contribution is 5.60. The average molecular weight is 251 g/mol. The van der Waals surface area contributed by atoms with Crippen LogP contribution in [-0.4, -0.2) is 35.8 Å². The summed E-state index contributed by atoms with van der Waals surface area (Å²) in [4.78, 5) is 17.8. The molecule has 0 bridgehead atoms. The molecule has 0 aliphatic heterocycles. The average Bonchev–Trinajstić information content (AvgIpc) is 2.19. The van der Waals surface area contributed by atoms with Gasteiger partial charge >= 0.3 is 6.18 Å². The first-order valence-corrected chi connectivity index (χ1v) is 4.70. The molecule has 0 amide bonds. The summed E-state index contributed by atoms with van der Waals surface area (Å²) in [6.45, 7) is -1.37. The molecule has 0 aliphatic carbocycles. The monoisotopic (exact) mass is 251 g/mol. The largest absolute Gasteiger partial charge is 0.405 e. The molecular formula is C8H12F3N5O. The summed E-state index contributed by atoms with van der Waals surface area (Å²) in [5.41, 5.74) is 9.55. The number of nitrogens with zero attached hydrogens (tertiary/aromatic N) is 2. The van der Waals surface area contributed by atoms with Gasteiger partial charge in [0.05, 0.1) is 6.33 Å². The quantitative estimate of drug-likeness (QED) is 0.680. The third kappa shape index (κ3) is 3.63. The molecule has 0 fully saturated rings. The van der Waals surface area contributed by atoms with Gasteiger partial charge in [-0.1, -0.05) is 0 Å². The van der Waals surface area contributed by atoms with E-state index >= 15 is 0 Å². The Bertz CT molecular complexity index is 430. The number of anilines is 2. The Balaban J connectivity index is 3.05. The van der Waals surface area contributed by atoms with Crippen LogP contribution in [-0.2, 0) is 0 Å². The lowest BCUT2D eigenvalue weighted by atomic mass is 10.4. The van der Waals surface area contributed by atoms with Gasteiger partial charge in [-0.3, -0.25) is 4.79 Å². The molecule has 96 valence electrons. The molecule has 0 spiro atoms. The maximum absolute atomic E-state index is 12.3. The molecule has 9 heteroatoms. The van der Waals surface area contributed by atoms with Crippen LogP contribution in [0.15, 0.2) is 11.1 Å². The zero-order valence-electron chi connectivity index (χ0n) is 8.79. The minimum absolute atomic E-state index is 0.00992. The van der Waals surface area contributed by atoms with Crippen molar-refractivity contribution in [1.29, 1.82) is 0 Å². The van der Waals surface area contributed by atoms with Crippen molar-refractivity contribution in [2.45, 2.75) is 6.18 Å². The van der Waals surface area contributed by atoms with Gasteiger partial charge in [-0.2, -0.15) is 13.2 Å². The number of halogens is 3. The van der Waals surface area contributed by atoms with Crippen LogP contribution >= 0.6 is 0 Å². The molecule has 17 heavy (non-hydrogen) atoms. The van der Waals surface area contributed by atoms with Gasteiger partial charge in [-0.05, 0) is 0 Å². The van der Waals surface area contributed by atoms with Crippen LogP contribution in [0.4, 0.5) is 24.7 Å². The standard InChI is InChI=1S/C8H12F3N5O/c9-8(10,11)3-16(2-1-12)6-5(13)7(17)15-4-14-6/h4H,1-3,12-13H2,(H,14,15,17). The van der Waals surface area contributed by atoms with E-state index in [2.05, 4.69) is 9.97 Å². The highest BCUT2D eigenvalue weighted by atomic mass is 19.4. The van der Waals surface area contributed by atoms with Gasteiger partial charge in [0.15, 0.2) is 5.82 Å². The molecule has 1 aromatic rings. The molecule has 5 N–H and O–H groups in total. The van der Waals surface area contributed by atoms with E-state index in [4.69, 9.17) is 11.5 Å². The van der Waals surface area contributed by atoms with Crippen molar-refractivity contribution in [2.75, 3.05) is 30.3 Å². The normalized spacial score (nSPS) is 11.5. The first-order chi connectivity index (χ1) is 7.85. The zero-order valence-corrected chi connectivity index (χ0v) is 8.79. The Hall–Kier alpha value is -1.77. The van der Waals surface area contributed by atoms with Crippen LogP contribution in [0.1, 0.15) is 0 Å². The molecular weight excluding hydrogens is 239 g/mol. The molecule has 0 aromatic carbocycles. The summed E-state index contributed by atoms with van der Waals surface area (Å²) in [5, 5.41) is 0. The van der Waals surface area contributed by atoms with Gasteiger partial charge in [0, 0.05) is 13.1 Å². The number of rotatable bonds is 4. The number of alkyl halides is 3. The lowest BCUT2D eigenvalue weighted by Crippen LogP contribution is -2.39. The van der Waals surface area contributed by atoms with Crippen molar-refractivity contribution < 1.29 is 13.2 Å². The van der Waals surface area contributed by atoms with Gasteiger partial charge in [0.2, 0.25) is 0 Å². The molecule has 0 saturated carbocycles. The lowest BCUT2D eigenvalue weighted by molar-refractivity contribution is -0.119. The van der Waals surface area contributed by atoms with Crippen molar-refractivity contribution in [2.24, 2.45) is 5.73 Å². The van der Waals surface area contributed by atoms with Gasteiger partial charge in [-0.25, -0.2) is 4.98 Å². The Morgan fingerprint density at radius 1 is 1.47 bits per heavy atom. The van der Waals surface area contributed by atoms with E-state index in [1.54, 1.807) is 0 Å². The third-order valence-electron chi connectivity index (χ3n) is 1.94. The molecule has 0 unspecified atom stereocenters. The summed E-state index contributed by atoms with van der Waals surface area (Å²) in [5.74, 6) is -0.212. The predicted molar refractivity (Wildman–Crippen MR) is 56.6 cm³/mol. The van der Waals surface area contributed by atoms with E-state index in [0.717, 1.165) is 11.2 Å². The fourth-order valence-corrected chi connectivity index (χ4v) is 1.28. The minimum Gasteiger partial charge on any atom is -0.391 e. The highest BCUT2D eigenvalue weighted by Gasteiger charge is 2.32. The minimum atomic E-state index is -4.42. The van der Waals surface area contributed by atoms with Crippen LogP contribution in [0.3, 0.4) is 0 Å². The Morgan fingerprint density at radius 3 is 2.65 bits per heavy atom. The van der Waals surface area contributed by atoms with E-state index in [0.29, 0.717) is 0 Å². The van der Waals surface area contributed by atoms with E-state index in [1.807, 2.05) is 0 Å². The highest BCUT2D eigenvalue weighted by Crippen LogP contribution is 2.22. The van der Waals surface area contributed by atoms with Gasteiger partial charge < -0.3 is 21.4 Å². The number of H-pyrrole nitrogens is 1. The van der Waals surface area contributed by atoms with Crippen LogP contribution in [0, 0.1) is 0 Å². The van der Waals surface area contributed by atoms with E-state index in [-0.39, 0.29) is 24.6 Å². The second-order valence-electron chi connectivity index (χ2n) is 3.29. The van der Waals surface area contributed by atoms with E-state index < -0.39 is 18.3 Å².